The molecule has 1 atom stereocenters. The normalized spacial score (nSPS) is 22.0. The van der Waals surface area contributed by atoms with Crippen molar-refractivity contribution in [1.29, 1.82) is 0 Å². The van der Waals surface area contributed by atoms with Crippen molar-refractivity contribution in [3.05, 3.63) is 24.0 Å². The summed E-state index contributed by atoms with van der Waals surface area (Å²) in [5.74, 6) is 0.977. The van der Waals surface area contributed by atoms with Crippen LogP contribution in [-0.2, 0) is 23.1 Å². The van der Waals surface area contributed by atoms with E-state index in [0.717, 1.165) is 68.6 Å². The topological polar surface area (TPSA) is 78.7 Å². The summed E-state index contributed by atoms with van der Waals surface area (Å²) in [5, 5.41) is 9.42. The molecule has 4 rings (SSSR count). The van der Waals surface area contributed by atoms with E-state index in [1.165, 1.54) is 12.8 Å². The van der Waals surface area contributed by atoms with Gasteiger partial charge in [-0.15, -0.1) is 0 Å². The Morgan fingerprint density at radius 1 is 1.10 bits per heavy atom. The van der Waals surface area contributed by atoms with Crippen LogP contribution in [0.1, 0.15) is 57.7 Å². The van der Waals surface area contributed by atoms with Crippen LogP contribution in [0.25, 0.3) is 11.0 Å². The van der Waals surface area contributed by atoms with Gasteiger partial charge in [0.1, 0.15) is 5.82 Å². The number of aromatic nitrogens is 2. The van der Waals surface area contributed by atoms with Crippen molar-refractivity contribution < 1.29 is 13.5 Å². The molecular weight excluding hydrogens is 400 g/mol. The van der Waals surface area contributed by atoms with Gasteiger partial charge in [-0.1, -0.05) is 12.8 Å². The Balaban J connectivity index is 1.63. The highest BCUT2D eigenvalue weighted by molar-refractivity contribution is 7.89. The van der Waals surface area contributed by atoms with E-state index >= 15 is 0 Å². The average Bonchev–Trinajstić information content (AvgIpc) is 3.12. The van der Waals surface area contributed by atoms with Gasteiger partial charge in [-0.05, 0) is 63.8 Å². The molecule has 2 saturated heterocycles. The summed E-state index contributed by atoms with van der Waals surface area (Å²) in [4.78, 5) is 7.64. The highest BCUT2D eigenvalue weighted by Gasteiger charge is 2.27. The van der Waals surface area contributed by atoms with Crippen LogP contribution >= 0.6 is 0 Å². The third kappa shape index (κ3) is 4.28. The SMILES string of the molecule is CCn1c(CN2CCCCC2CCO)nc2cc(S(=O)(=O)N3CCCCC3)ccc21. The van der Waals surface area contributed by atoms with Crippen molar-refractivity contribution in [2.45, 2.75) is 75.9 Å². The van der Waals surface area contributed by atoms with E-state index < -0.39 is 10.0 Å². The molecule has 1 aromatic carbocycles. The lowest BCUT2D eigenvalue weighted by Gasteiger charge is -2.35. The molecule has 166 valence electrons. The second-order valence-corrected chi connectivity index (χ2v) is 10.5. The van der Waals surface area contributed by atoms with Gasteiger partial charge in [-0.2, -0.15) is 4.31 Å². The van der Waals surface area contributed by atoms with Crippen molar-refractivity contribution in [2.24, 2.45) is 0 Å². The number of imidazole rings is 1. The fourth-order valence-corrected chi connectivity index (χ4v) is 6.51. The zero-order valence-corrected chi connectivity index (χ0v) is 18.8. The summed E-state index contributed by atoms with van der Waals surface area (Å²) < 4.78 is 30.0. The van der Waals surface area contributed by atoms with E-state index in [1.54, 1.807) is 16.4 Å². The highest BCUT2D eigenvalue weighted by Crippen LogP contribution is 2.27. The Morgan fingerprint density at radius 3 is 2.60 bits per heavy atom. The standard InChI is InChI=1S/C22H34N4O3S/c1-2-26-21-10-9-19(30(28,29)25-13-5-3-6-14-25)16-20(21)23-22(26)17-24-12-7-4-8-18(24)11-15-27/h9-10,16,18,27H,2-8,11-15,17H2,1H3. The van der Waals surface area contributed by atoms with Crippen molar-refractivity contribution in [3.8, 4) is 0 Å². The Hall–Kier alpha value is -1.48. The number of fused-ring (bicyclic) bond motifs is 1. The molecule has 2 aliphatic rings. The molecule has 0 spiro atoms. The quantitative estimate of drug-likeness (QED) is 0.725. The molecule has 3 heterocycles. The van der Waals surface area contributed by atoms with Gasteiger partial charge >= 0.3 is 0 Å². The second-order valence-electron chi connectivity index (χ2n) is 8.52. The molecule has 30 heavy (non-hydrogen) atoms. The van der Waals surface area contributed by atoms with Crippen LogP contribution in [0.2, 0.25) is 0 Å². The fourth-order valence-electron chi connectivity index (χ4n) is 4.97. The van der Waals surface area contributed by atoms with Gasteiger partial charge in [-0.3, -0.25) is 4.90 Å². The number of aliphatic hydroxyl groups is 1. The maximum absolute atomic E-state index is 13.1. The smallest absolute Gasteiger partial charge is 0.243 e. The maximum Gasteiger partial charge on any atom is 0.243 e. The third-order valence-electron chi connectivity index (χ3n) is 6.62. The van der Waals surface area contributed by atoms with Gasteiger partial charge < -0.3 is 9.67 Å². The number of benzene rings is 1. The van der Waals surface area contributed by atoms with E-state index in [2.05, 4.69) is 16.4 Å². The monoisotopic (exact) mass is 434 g/mol. The Labute approximate surface area is 179 Å². The lowest BCUT2D eigenvalue weighted by Crippen LogP contribution is -2.40. The summed E-state index contributed by atoms with van der Waals surface area (Å²) in [6.45, 7) is 6.08. The highest BCUT2D eigenvalue weighted by atomic mass is 32.2. The van der Waals surface area contributed by atoms with Crippen LogP contribution < -0.4 is 0 Å². The predicted molar refractivity (Wildman–Crippen MR) is 118 cm³/mol. The molecule has 7 nitrogen and oxygen atoms in total. The molecule has 0 aliphatic carbocycles. The number of sulfonamides is 1. The molecule has 0 saturated carbocycles. The maximum atomic E-state index is 13.1. The first-order valence-electron chi connectivity index (χ1n) is 11.4. The minimum absolute atomic E-state index is 0.211. The predicted octanol–water partition coefficient (Wildman–Crippen LogP) is 2.97. The molecule has 0 amide bonds. The van der Waals surface area contributed by atoms with Crippen LogP contribution in [0.15, 0.2) is 23.1 Å². The number of likely N-dealkylation sites (tertiary alicyclic amines) is 1. The van der Waals surface area contributed by atoms with Crippen molar-refractivity contribution in [3.63, 3.8) is 0 Å². The van der Waals surface area contributed by atoms with E-state index in [4.69, 9.17) is 4.98 Å². The molecule has 2 aromatic rings. The van der Waals surface area contributed by atoms with Crippen molar-refractivity contribution >= 4 is 21.1 Å². The minimum Gasteiger partial charge on any atom is -0.396 e. The number of piperidine rings is 2. The summed E-state index contributed by atoms with van der Waals surface area (Å²) in [6, 6.07) is 5.78. The summed E-state index contributed by atoms with van der Waals surface area (Å²) in [7, 11) is -3.46. The molecule has 0 bridgehead atoms. The third-order valence-corrected chi connectivity index (χ3v) is 8.52. The average molecular weight is 435 g/mol. The molecule has 2 aliphatic heterocycles. The van der Waals surface area contributed by atoms with Crippen LogP contribution in [0.4, 0.5) is 0 Å². The molecule has 1 unspecified atom stereocenters. The van der Waals surface area contributed by atoms with Gasteiger partial charge in [0.05, 0.1) is 22.5 Å². The molecule has 8 heteroatoms. The first-order chi connectivity index (χ1) is 14.5. The van der Waals surface area contributed by atoms with E-state index in [9.17, 15) is 13.5 Å². The van der Waals surface area contributed by atoms with Gasteiger partial charge in [-0.25, -0.2) is 13.4 Å². The molecule has 1 aromatic heterocycles. The molecule has 0 radical (unpaired) electrons. The Bertz CT molecular complexity index is 964. The van der Waals surface area contributed by atoms with Crippen molar-refractivity contribution in [2.75, 3.05) is 26.2 Å². The van der Waals surface area contributed by atoms with Gasteiger partial charge in [0.15, 0.2) is 0 Å². The van der Waals surface area contributed by atoms with Crippen LogP contribution in [0.5, 0.6) is 0 Å². The van der Waals surface area contributed by atoms with Crippen molar-refractivity contribution in [1.82, 2.24) is 18.8 Å². The summed E-state index contributed by atoms with van der Waals surface area (Å²) >= 11 is 0. The Kier molecular flexibility index (Phi) is 6.77. The molecule has 2 fully saturated rings. The van der Waals surface area contributed by atoms with Crippen LogP contribution in [0.3, 0.4) is 0 Å². The second kappa shape index (κ2) is 9.34. The summed E-state index contributed by atoms with van der Waals surface area (Å²) in [5.41, 5.74) is 1.74. The fraction of sp³-hybridized carbons (Fsp3) is 0.682. The number of hydrogen-bond acceptors (Lipinski definition) is 5. The zero-order valence-electron chi connectivity index (χ0n) is 18.0. The number of hydrogen-bond donors (Lipinski definition) is 1. The first kappa shape index (κ1) is 21.7. The van der Waals surface area contributed by atoms with Gasteiger partial charge in [0.2, 0.25) is 10.0 Å². The van der Waals surface area contributed by atoms with E-state index in [0.29, 0.717) is 24.0 Å². The largest absolute Gasteiger partial charge is 0.396 e. The number of nitrogens with zero attached hydrogens (tertiary/aromatic N) is 4. The lowest BCUT2D eigenvalue weighted by molar-refractivity contribution is 0.109. The van der Waals surface area contributed by atoms with Gasteiger partial charge in [0, 0.05) is 32.3 Å². The first-order valence-corrected chi connectivity index (χ1v) is 12.8. The minimum atomic E-state index is -3.46. The number of aryl methyl sites for hydroxylation is 1. The van der Waals surface area contributed by atoms with Gasteiger partial charge in [0.25, 0.3) is 0 Å². The zero-order chi connectivity index (χ0) is 21.1. The van der Waals surface area contributed by atoms with E-state index in [1.807, 2.05) is 6.07 Å². The van der Waals surface area contributed by atoms with Crippen LogP contribution in [0, 0.1) is 0 Å². The summed E-state index contributed by atoms with van der Waals surface area (Å²) in [6.07, 6.45) is 7.26. The molecular formula is C22H34N4O3S. The number of rotatable bonds is 7. The lowest BCUT2D eigenvalue weighted by atomic mass is 10.00. The van der Waals surface area contributed by atoms with Crippen LogP contribution in [-0.4, -0.2) is 64.6 Å². The number of aliphatic hydroxyl groups excluding tert-OH is 1. The van der Waals surface area contributed by atoms with E-state index in [-0.39, 0.29) is 6.61 Å². The molecule has 1 N–H and O–H groups in total. The Morgan fingerprint density at radius 2 is 1.87 bits per heavy atom.